The second-order valence-corrected chi connectivity index (χ2v) is 5.41. The highest BCUT2D eigenvalue weighted by Gasteiger charge is 2.12. The molecule has 1 heterocycles. The van der Waals surface area contributed by atoms with Crippen LogP contribution < -0.4 is 11.3 Å². The molecule has 0 saturated carbocycles. The Morgan fingerprint density at radius 1 is 1.09 bits per heavy atom. The van der Waals surface area contributed by atoms with Crippen LogP contribution in [-0.2, 0) is 0 Å². The predicted molar refractivity (Wildman–Crippen MR) is 85.6 cm³/mol. The third-order valence-electron chi connectivity index (χ3n) is 3.12. The van der Waals surface area contributed by atoms with Gasteiger partial charge in [0.15, 0.2) is 11.5 Å². The van der Waals surface area contributed by atoms with E-state index < -0.39 is 5.56 Å². The molecule has 110 valence electrons. The molecule has 0 radical (unpaired) electrons. The quantitative estimate of drug-likeness (QED) is 0.688. The molecule has 0 unspecified atom stereocenters. The maximum Gasteiger partial charge on any atom is 0.278 e. The molecule has 3 rings (SSSR count). The molecule has 0 atom stereocenters. The van der Waals surface area contributed by atoms with Crippen molar-refractivity contribution in [1.82, 2.24) is 15.2 Å². The highest BCUT2D eigenvalue weighted by atomic mass is 79.9. The van der Waals surface area contributed by atoms with Gasteiger partial charge in [-0.2, -0.15) is 0 Å². The standard InChI is InChI=1S/C15H10BrFN4O/c16-11-3-1-2-10(12(11)18)14-19-15(22)13(20-21-14)8-4-6-9(17)7-5-8/h1-7H,18H2,(H,19,21,22). The van der Waals surface area contributed by atoms with Crippen LogP contribution in [0.4, 0.5) is 10.1 Å². The molecule has 5 nitrogen and oxygen atoms in total. The van der Waals surface area contributed by atoms with Crippen LogP contribution in [0.2, 0.25) is 0 Å². The lowest BCUT2D eigenvalue weighted by atomic mass is 10.1. The summed E-state index contributed by atoms with van der Waals surface area (Å²) in [6.07, 6.45) is 0. The maximum atomic E-state index is 12.9. The highest BCUT2D eigenvalue weighted by Crippen LogP contribution is 2.28. The minimum atomic E-state index is -0.420. The number of nitrogen functional groups attached to an aromatic ring is 1. The van der Waals surface area contributed by atoms with E-state index in [0.717, 1.165) is 0 Å². The van der Waals surface area contributed by atoms with Crippen molar-refractivity contribution in [2.75, 3.05) is 5.73 Å². The molecule has 0 spiro atoms. The van der Waals surface area contributed by atoms with Crippen molar-refractivity contribution in [2.24, 2.45) is 0 Å². The molecule has 0 fully saturated rings. The topological polar surface area (TPSA) is 84.7 Å². The Balaban J connectivity index is 2.08. The zero-order valence-electron chi connectivity index (χ0n) is 11.2. The van der Waals surface area contributed by atoms with Gasteiger partial charge in [-0.3, -0.25) is 4.79 Å². The SMILES string of the molecule is Nc1c(Br)cccc1-c1nnc(-c2ccc(F)cc2)c(=O)[nH]1. The number of halogens is 2. The van der Waals surface area contributed by atoms with E-state index in [9.17, 15) is 9.18 Å². The number of anilines is 1. The van der Waals surface area contributed by atoms with Crippen LogP contribution >= 0.6 is 15.9 Å². The van der Waals surface area contributed by atoms with Crippen molar-refractivity contribution in [3.05, 3.63) is 63.1 Å². The monoisotopic (exact) mass is 360 g/mol. The van der Waals surface area contributed by atoms with E-state index in [0.29, 0.717) is 21.3 Å². The molecule has 7 heteroatoms. The number of aromatic amines is 1. The van der Waals surface area contributed by atoms with Gasteiger partial charge >= 0.3 is 0 Å². The number of nitrogens with zero attached hydrogens (tertiary/aromatic N) is 2. The molecule has 3 aromatic rings. The Bertz CT molecular complexity index is 893. The third kappa shape index (κ3) is 2.62. The molecule has 0 saturated heterocycles. The summed E-state index contributed by atoms with van der Waals surface area (Å²) in [5.74, 6) is -0.110. The third-order valence-corrected chi connectivity index (χ3v) is 3.81. The summed E-state index contributed by atoms with van der Waals surface area (Å²) < 4.78 is 13.6. The number of hydrogen-bond donors (Lipinski definition) is 2. The number of aromatic nitrogens is 3. The lowest BCUT2D eigenvalue weighted by Gasteiger charge is -2.06. The van der Waals surface area contributed by atoms with Gasteiger partial charge in [0.25, 0.3) is 5.56 Å². The minimum absolute atomic E-state index is 0.123. The summed E-state index contributed by atoms with van der Waals surface area (Å²) in [6, 6.07) is 10.8. The van der Waals surface area contributed by atoms with E-state index in [4.69, 9.17) is 5.73 Å². The van der Waals surface area contributed by atoms with Gasteiger partial charge in [-0.05, 0) is 52.3 Å². The van der Waals surface area contributed by atoms with Crippen LogP contribution in [0.1, 0.15) is 0 Å². The fraction of sp³-hybridized carbons (Fsp3) is 0. The van der Waals surface area contributed by atoms with E-state index >= 15 is 0 Å². The molecule has 1 aromatic heterocycles. The van der Waals surface area contributed by atoms with Crippen molar-refractivity contribution < 1.29 is 4.39 Å². The van der Waals surface area contributed by atoms with Crippen LogP contribution in [-0.4, -0.2) is 15.2 Å². The number of benzene rings is 2. The average molecular weight is 361 g/mol. The second-order valence-electron chi connectivity index (χ2n) is 4.56. The lowest BCUT2D eigenvalue weighted by molar-refractivity contribution is 0.628. The van der Waals surface area contributed by atoms with Crippen LogP contribution in [0.15, 0.2) is 51.7 Å². The zero-order chi connectivity index (χ0) is 15.7. The van der Waals surface area contributed by atoms with Gasteiger partial charge in [0.05, 0.1) is 5.69 Å². The molecular formula is C15H10BrFN4O. The van der Waals surface area contributed by atoms with Gasteiger partial charge in [-0.25, -0.2) is 4.39 Å². The first kappa shape index (κ1) is 14.4. The van der Waals surface area contributed by atoms with Crippen molar-refractivity contribution in [3.63, 3.8) is 0 Å². The number of nitrogens with two attached hydrogens (primary N) is 1. The largest absolute Gasteiger partial charge is 0.397 e. The number of H-pyrrole nitrogens is 1. The van der Waals surface area contributed by atoms with E-state index in [1.54, 1.807) is 18.2 Å². The molecule has 0 bridgehead atoms. The molecule has 3 N–H and O–H groups in total. The summed E-state index contributed by atoms with van der Waals surface area (Å²) in [5, 5.41) is 7.95. The lowest BCUT2D eigenvalue weighted by Crippen LogP contribution is -2.14. The van der Waals surface area contributed by atoms with E-state index in [2.05, 4.69) is 31.1 Å². The van der Waals surface area contributed by atoms with Gasteiger partial charge in [-0.15, -0.1) is 10.2 Å². The van der Waals surface area contributed by atoms with Crippen molar-refractivity contribution in [3.8, 4) is 22.6 Å². The van der Waals surface area contributed by atoms with Crippen LogP contribution in [0.25, 0.3) is 22.6 Å². The van der Waals surface area contributed by atoms with Crippen molar-refractivity contribution in [1.29, 1.82) is 0 Å². The zero-order valence-corrected chi connectivity index (χ0v) is 12.8. The summed E-state index contributed by atoms with van der Waals surface area (Å²) in [6.45, 7) is 0. The molecule has 0 aliphatic rings. The molecule has 0 amide bonds. The summed E-state index contributed by atoms with van der Waals surface area (Å²) >= 11 is 3.32. The van der Waals surface area contributed by atoms with Crippen molar-refractivity contribution >= 4 is 21.6 Å². The van der Waals surface area contributed by atoms with Crippen LogP contribution in [0.5, 0.6) is 0 Å². The minimum Gasteiger partial charge on any atom is -0.397 e. The first-order valence-electron chi connectivity index (χ1n) is 6.33. The molecule has 22 heavy (non-hydrogen) atoms. The van der Waals surface area contributed by atoms with Crippen LogP contribution in [0.3, 0.4) is 0 Å². The van der Waals surface area contributed by atoms with Gasteiger partial charge < -0.3 is 10.7 Å². The summed E-state index contributed by atoms with van der Waals surface area (Å²) in [5.41, 5.74) is 7.18. The first-order valence-corrected chi connectivity index (χ1v) is 7.13. The van der Waals surface area contributed by atoms with Gasteiger partial charge in [0.2, 0.25) is 0 Å². The van der Waals surface area contributed by atoms with Crippen LogP contribution in [0, 0.1) is 5.82 Å². The highest BCUT2D eigenvalue weighted by molar-refractivity contribution is 9.10. The maximum absolute atomic E-state index is 12.9. The van der Waals surface area contributed by atoms with E-state index in [1.807, 2.05) is 0 Å². The predicted octanol–water partition coefficient (Wildman–Crippen LogP) is 2.98. The summed E-state index contributed by atoms with van der Waals surface area (Å²) in [7, 11) is 0. The normalized spacial score (nSPS) is 10.6. The second kappa shape index (κ2) is 5.69. The molecule has 0 aliphatic heterocycles. The first-order chi connectivity index (χ1) is 10.6. The van der Waals surface area contributed by atoms with Crippen molar-refractivity contribution in [2.45, 2.75) is 0 Å². The fourth-order valence-corrected chi connectivity index (χ4v) is 2.36. The van der Waals surface area contributed by atoms with Gasteiger partial charge in [-0.1, -0.05) is 6.07 Å². The molecule has 2 aromatic carbocycles. The molecular weight excluding hydrogens is 351 g/mol. The Labute approximate surface area is 133 Å². The van der Waals surface area contributed by atoms with E-state index in [1.165, 1.54) is 24.3 Å². The Morgan fingerprint density at radius 3 is 2.50 bits per heavy atom. The Hall–Kier alpha value is -2.54. The number of nitrogens with one attached hydrogen (secondary N) is 1. The Kier molecular flexibility index (Phi) is 3.72. The van der Waals surface area contributed by atoms with E-state index in [-0.39, 0.29) is 17.3 Å². The summed E-state index contributed by atoms with van der Waals surface area (Å²) in [4.78, 5) is 14.8. The average Bonchev–Trinajstić information content (AvgIpc) is 2.51. The van der Waals surface area contributed by atoms with Gasteiger partial charge in [0.1, 0.15) is 5.82 Å². The number of rotatable bonds is 2. The number of para-hydroxylation sites is 1. The fourth-order valence-electron chi connectivity index (χ4n) is 2.00. The smallest absolute Gasteiger partial charge is 0.278 e. The number of hydrogen-bond acceptors (Lipinski definition) is 4. The molecule has 0 aliphatic carbocycles. The van der Waals surface area contributed by atoms with Gasteiger partial charge in [0, 0.05) is 15.6 Å². The Morgan fingerprint density at radius 2 is 1.82 bits per heavy atom.